The molecule has 0 radical (unpaired) electrons. The van der Waals surface area contributed by atoms with Crippen LogP contribution < -0.4 is 0 Å². The summed E-state index contributed by atoms with van der Waals surface area (Å²) in [4.78, 5) is 15.6. The molecule has 8 heteroatoms. The van der Waals surface area contributed by atoms with Gasteiger partial charge in [0.05, 0.1) is 4.92 Å². The first-order chi connectivity index (χ1) is 10.1. The maximum absolute atomic E-state index is 11.1. The smallest absolute Gasteiger partial charge is 0.295 e. The van der Waals surface area contributed by atoms with Gasteiger partial charge in [-0.2, -0.15) is 0 Å². The maximum atomic E-state index is 11.1. The summed E-state index contributed by atoms with van der Waals surface area (Å²) in [5.41, 5.74) is 0.385. The average molecular weight is 301 g/mol. The third-order valence-corrected chi connectivity index (χ3v) is 4.27. The first kappa shape index (κ1) is 13.5. The van der Waals surface area contributed by atoms with Crippen LogP contribution in [-0.4, -0.2) is 24.7 Å². The molecule has 0 aliphatic carbocycles. The van der Waals surface area contributed by atoms with Gasteiger partial charge in [0.25, 0.3) is 5.69 Å². The molecule has 0 saturated carbocycles. The largest absolute Gasteiger partial charge is 0.309 e. The molecule has 1 aromatic carbocycles. The summed E-state index contributed by atoms with van der Waals surface area (Å²) >= 11 is 1.41. The summed E-state index contributed by atoms with van der Waals surface area (Å²) in [6.45, 7) is 1.87. The van der Waals surface area contributed by atoms with Crippen LogP contribution in [0.5, 0.6) is 0 Å². The SMILES string of the molecule is Cc1nnc(Sc2ccc([N+](=O)[O-])c3ncccc23)n1C. The average Bonchev–Trinajstić information content (AvgIpc) is 2.79. The van der Waals surface area contributed by atoms with Gasteiger partial charge in [-0.05, 0) is 36.9 Å². The van der Waals surface area contributed by atoms with Crippen LogP contribution in [0.4, 0.5) is 5.69 Å². The van der Waals surface area contributed by atoms with Crippen molar-refractivity contribution in [3.8, 4) is 0 Å². The highest BCUT2D eigenvalue weighted by molar-refractivity contribution is 7.99. The van der Waals surface area contributed by atoms with Crippen LogP contribution >= 0.6 is 11.8 Å². The van der Waals surface area contributed by atoms with E-state index in [1.165, 1.54) is 17.8 Å². The van der Waals surface area contributed by atoms with Gasteiger partial charge in [-0.1, -0.05) is 0 Å². The van der Waals surface area contributed by atoms with Crippen molar-refractivity contribution in [1.29, 1.82) is 0 Å². The lowest BCUT2D eigenvalue weighted by atomic mass is 10.2. The summed E-state index contributed by atoms with van der Waals surface area (Å²) in [5, 5.41) is 20.6. The first-order valence-electron chi connectivity index (χ1n) is 6.14. The van der Waals surface area contributed by atoms with E-state index in [0.29, 0.717) is 5.52 Å². The summed E-state index contributed by atoms with van der Waals surface area (Å²) in [7, 11) is 1.88. The molecule has 0 aliphatic heterocycles. The lowest BCUT2D eigenvalue weighted by Gasteiger charge is -2.06. The Bertz CT molecular complexity index is 846. The Hall–Kier alpha value is -2.48. The number of rotatable bonds is 3. The Kier molecular flexibility index (Phi) is 3.30. The Labute approximate surface area is 124 Å². The van der Waals surface area contributed by atoms with Crippen LogP contribution in [0.3, 0.4) is 0 Å². The van der Waals surface area contributed by atoms with E-state index in [1.807, 2.05) is 24.6 Å². The monoisotopic (exact) mass is 301 g/mol. The van der Waals surface area contributed by atoms with Crippen molar-refractivity contribution < 1.29 is 4.92 Å². The molecule has 0 bridgehead atoms. The molecular formula is C13H11N5O2S. The van der Waals surface area contributed by atoms with Gasteiger partial charge in [0.2, 0.25) is 0 Å². The molecule has 0 N–H and O–H groups in total. The fourth-order valence-corrected chi connectivity index (χ4v) is 2.90. The van der Waals surface area contributed by atoms with Crippen molar-refractivity contribution >= 4 is 28.4 Å². The highest BCUT2D eigenvalue weighted by Gasteiger charge is 2.17. The normalized spacial score (nSPS) is 11.0. The number of benzene rings is 1. The van der Waals surface area contributed by atoms with E-state index in [4.69, 9.17) is 0 Å². The summed E-state index contributed by atoms with van der Waals surface area (Å²) in [5.74, 6) is 0.807. The molecular weight excluding hydrogens is 290 g/mol. The molecule has 2 heterocycles. The molecule has 0 amide bonds. The number of non-ortho nitro benzene ring substituents is 1. The van der Waals surface area contributed by atoms with Gasteiger partial charge in [0.15, 0.2) is 5.16 Å². The number of aryl methyl sites for hydroxylation is 1. The zero-order valence-electron chi connectivity index (χ0n) is 11.3. The van der Waals surface area contributed by atoms with Gasteiger partial charge in [0.1, 0.15) is 11.3 Å². The Morgan fingerprint density at radius 1 is 1.29 bits per heavy atom. The van der Waals surface area contributed by atoms with Crippen molar-refractivity contribution in [3.05, 3.63) is 46.4 Å². The van der Waals surface area contributed by atoms with Crippen LogP contribution in [0, 0.1) is 17.0 Å². The molecule has 0 unspecified atom stereocenters. The van der Waals surface area contributed by atoms with E-state index in [0.717, 1.165) is 21.3 Å². The lowest BCUT2D eigenvalue weighted by Crippen LogP contribution is -1.95. The predicted octanol–water partition coefficient (Wildman–Crippen LogP) is 2.73. The minimum absolute atomic E-state index is 0.00379. The topological polar surface area (TPSA) is 86.7 Å². The van der Waals surface area contributed by atoms with Crippen molar-refractivity contribution in [1.82, 2.24) is 19.7 Å². The molecule has 0 spiro atoms. The third-order valence-electron chi connectivity index (χ3n) is 3.16. The molecule has 0 fully saturated rings. The highest BCUT2D eigenvalue weighted by atomic mass is 32.2. The van der Waals surface area contributed by atoms with Crippen LogP contribution in [0.1, 0.15) is 5.82 Å². The van der Waals surface area contributed by atoms with Crippen molar-refractivity contribution in [2.75, 3.05) is 0 Å². The molecule has 2 aromatic heterocycles. The number of aromatic nitrogens is 4. The van der Waals surface area contributed by atoms with Gasteiger partial charge >= 0.3 is 0 Å². The maximum Gasteiger partial charge on any atom is 0.295 e. The number of nitro benzene ring substituents is 1. The molecule has 0 saturated heterocycles. The standard InChI is InChI=1S/C13H11N5O2S/c1-8-15-16-13(17(8)2)21-11-6-5-10(18(19)20)12-9(11)4-3-7-14-12/h3-7H,1-2H3. The van der Waals surface area contributed by atoms with Crippen molar-refractivity contribution in [2.24, 2.45) is 7.05 Å². The molecule has 21 heavy (non-hydrogen) atoms. The van der Waals surface area contributed by atoms with E-state index in [1.54, 1.807) is 18.3 Å². The molecule has 7 nitrogen and oxygen atoms in total. The summed E-state index contributed by atoms with van der Waals surface area (Å²) in [6.07, 6.45) is 1.55. The van der Waals surface area contributed by atoms with Crippen LogP contribution in [0.25, 0.3) is 10.9 Å². The predicted molar refractivity (Wildman–Crippen MR) is 78.3 cm³/mol. The second kappa shape index (κ2) is 5.13. The summed E-state index contributed by atoms with van der Waals surface area (Å²) < 4.78 is 1.87. The number of hydrogen-bond donors (Lipinski definition) is 0. The molecule has 0 atom stereocenters. The zero-order chi connectivity index (χ0) is 15.0. The molecule has 3 rings (SSSR count). The van der Waals surface area contributed by atoms with Crippen molar-refractivity contribution in [2.45, 2.75) is 17.0 Å². The van der Waals surface area contributed by atoms with Gasteiger partial charge < -0.3 is 4.57 Å². The van der Waals surface area contributed by atoms with Gasteiger partial charge in [0, 0.05) is 29.6 Å². The number of fused-ring (bicyclic) bond motifs is 1. The zero-order valence-corrected chi connectivity index (χ0v) is 12.2. The minimum atomic E-state index is -0.420. The quantitative estimate of drug-likeness (QED) is 0.546. The van der Waals surface area contributed by atoms with E-state index in [9.17, 15) is 10.1 Å². The molecule has 3 aromatic rings. The first-order valence-corrected chi connectivity index (χ1v) is 6.95. The van der Waals surface area contributed by atoms with Crippen molar-refractivity contribution in [3.63, 3.8) is 0 Å². The minimum Gasteiger partial charge on any atom is -0.309 e. The van der Waals surface area contributed by atoms with Gasteiger partial charge in [-0.25, -0.2) is 4.98 Å². The van der Waals surface area contributed by atoms with E-state index < -0.39 is 4.92 Å². The van der Waals surface area contributed by atoms with Crippen LogP contribution in [0.2, 0.25) is 0 Å². The van der Waals surface area contributed by atoms with E-state index >= 15 is 0 Å². The number of nitrogens with zero attached hydrogens (tertiary/aromatic N) is 5. The Morgan fingerprint density at radius 2 is 2.10 bits per heavy atom. The highest BCUT2D eigenvalue weighted by Crippen LogP contribution is 2.35. The second-order valence-electron chi connectivity index (χ2n) is 4.43. The van der Waals surface area contributed by atoms with Gasteiger partial charge in [-0.3, -0.25) is 10.1 Å². The van der Waals surface area contributed by atoms with E-state index in [2.05, 4.69) is 15.2 Å². The molecule has 0 aliphatic rings. The summed E-state index contributed by atoms with van der Waals surface area (Å²) in [6, 6.07) is 6.77. The lowest BCUT2D eigenvalue weighted by molar-refractivity contribution is -0.383. The van der Waals surface area contributed by atoms with Crippen LogP contribution in [0.15, 0.2) is 40.5 Å². The van der Waals surface area contributed by atoms with Crippen LogP contribution in [-0.2, 0) is 7.05 Å². The van der Waals surface area contributed by atoms with E-state index in [-0.39, 0.29) is 5.69 Å². The fraction of sp³-hybridized carbons (Fsp3) is 0.154. The molecule has 106 valence electrons. The number of hydrogen-bond acceptors (Lipinski definition) is 6. The number of pyridine rings is 1. The fourth-order valence-electron chi connectivity index (χ4n) is 1.94. The van der Waals surface area contributed by atoms with Gasteiger partial charge in [-0.15, -0.1) is 10.2 Å². The number of nitro groups is 1. The second-order valence-corrected chi connectivity index (χ2v) is 5.44. The third kappa shape index (κ3) is 2.33. The Balaban J connectivity index is 2.14. The Morgan fingerprint density at radius 3 is 2.76 bits per heavy atom.